The van der Waals surface area contributed by atoms with Crippen molar-refractivity contribution in [3.05, 3.63) is 4.91 Å². The Bertz CT molecular complexity index is 55.1. The predicted octanol–water partition coefficient (Wildman–Crippen LogP) is 0.364. The molecule has 0 aliphatic carbocycles. The highest BCUT2D eigenvalue weighted by molar-refractivity contribution is 5.53. The molecule has 0 saturated carbocycles. The van der Waals surface area contributed by atoms with Gasteiger partial charge in [-0.05, 0) is 0 Å². The Morgan fingerprint density at radius 3 is 1.43 bits per heavy atom. The van der Waals surface area contributed by atoms with Crippen LogP contribution in [0.15, 0.2) is 5.34 Å². The van der Waals surface area contributed by atoms with Gasteiger partial charge in [-0.25, -0.2) is 4.79 Å². The van der Waals surface area contributed by atoms with Crippen LogP contribution in [0.3, 0.4) is 0 Å². The molecule has 0 saturated heterocycles. The number of hydrogen-bond donors (Lipinski definition) is 3. The molecule has 0 amide bonds. The van der Waals surface area contributed by atoms with Gasteiger partial charge in [0.15, 0.2) is 5.34 Å². The zero-order chi connectivity index (χ0) is 6.28. The van der Waals surface area contributed by atoms with Crippen molar-refractivity contribution in [1.29, 1.82) is 0 Å². The molecule has 7 heavy (non-hydrogen) atoms. The number of carbonyl (C=O) groups is 1. The van der Waals surface area contributed by atoms with E-state index < -0.39 is 6.16 Å². The van der Waals surface area contributed by atoms with E-state index in [-0.39, 0.29) is 0 Å². The molecule has 42 valence electrons. The van der Waals surface area contributed by atoms with Crippen molar-refractivity contribution in [3.63, 3.8) is 0 Å². The third kappa shape index (κ3) is 18.8. The lowest BCUT2D eigenvalue weighted by atomic mass is 11.5. The smallest absolute Gasteiger partial charge is 0.450 e. The quantitative estimate of drug-likeness (QED) is 0.307. The van der Waals surface area contributed by atoms with E-state index in [0.717, 1.165) is 0 Å². The second-order valence-electron chi connectivity index (χ2n) is 0.364. The molecule has 0 spiro atoms. The summed E-state index contributed by atoms with van der Waals surface area (Å²) in [7, 11) is 0. The van der Waals surface area contributed by atoms with E-state index >= 15 is 0 Å². The third-order valence-electron chi connectivity index (χ3n) is 0. The summed E-state index contributed by atoms with van der Waals surface area (Å²) in [4.78, 5) is 16.7. The van der Waals surface area contributed by atoms with Gasteiger partial charge in [0.2, 0.25) is 0 Å². The summed E-state index contributed by atoms with van der Waals surface area (Å²) in [5.74, 6) is 0. The number of hydrogen-bond acceptors (Lipinski definition) is 3. The van der Waals surface area contributed by atoms with Gasteiger partial charge < -0.3 is 15.4 Å². The van der Waals surface area contributed by atoms with E-state index in [0.29, 0.717) is 0 Å². The average Bonchev–Trinajstić information content (AvgIpc) is 1.33. The minimum Gasteiger partial charge on any atom is -0.450 e. The van der Waals surface area contributed by atoms with E-state index in [2.05, 4.69) is 0 Å². The first kappa shape index (κ1) is 9.18. The van der Waals surface area contributed by atoms with Crippen LogP contribution in [-0.2, 0) is 0 Å². The molecule has 0 fully saturated rings. The Kier molecular flexibility index (Phi) is 11.6. The molecule has 0 bridgehead atoms. The van der Waals surface area contributed by atoms with Crippen LogP contribution in [-0.4, -0.2) is 21.6 Å². The molecule has 0 aliphatic rings. The van der Waals surface area contributed by atoms with Gasteiger partial charge in [0, 0.05) is 0 Å². The fourth-order valence-corrected chi connectivity index (χ4v) is 0. The molecular weight excluding hydrogens is 106 g/mol. The second kappa shape index (κ2) is 8.82. The van der Waals surface area contributed by atoms with E-state index in [9.17, 15) is 0 Å². The zero-order valence-electron chi connectivity index (χ0n) is 3.11. The van der Waals surface area contributed by atoms with Gasteiger partial charge in [-0.3, -0.25) is 0 Å². The van der Waals surface area contributed by atoms with E-state index in [1.807, 2.05) is 0 Å². The van der Waals surface area contributed by atoms with Gasteiger partial charge in [0.25, 0.3) is 0 Å². The summed E-state index contributed by atoms with van der Waals surface area (Å²) >= 11 is 0. The topological polar surface area (TPSA) is 107 Å². The molecular formula is CH3NO5. The number of nitrogens with zero attached hydrogens (tertiary/aromatic N) is 1. The van der Waals surface area contributed by atoms with E-state index in [1.165, 1.54) is 5.34 Å². The Morgan fingerprint density at radius 1 is 1.43 bits per heavy atom. The van der Waals surface area contributed by atoms with Crippen molar-refractivity contribution in [2.45, 2.75) is 0 Å². The first-order valence-electron chi connectivity index (χ1n) is 1.03. The van der Waals surface area contributed by atoms with Crippen LogP contribution in [0.5, 0.6) is 0 Å². The molecule has 0 aromatic carbocycles. The first-order valence-corrected chi connectivity index (χ1v) is 1.03. The minimum atomic E-state index is -1.83. The van der Waals surface area contributed by atoms with Crippen molar-refractivity contribution in [3.8, 4) is 0 Å². The summed E-state index contributed by atoms with van der Waals surface area (Å²) in [6.07, 6.45) is -1.83. The van der Waals surface area contributed by atoms with Crippen molar-refractivity contribution in [2.24, 2.45) is 5.34 Å². The normalized spacial score (nSPS) is 5.14. The number of rotatable bonds is 0. The standard InChI is InChI=1S/CH2O3.HNO2/c2-1(3)4;2-1-3/h(H2,2,3,4);(H,2,3). The molecule has 0 aromatic rings. The summed E-state index contributed by atoms with van der Waals surface area (Å²) < 4.78 is 0. The first-order chi connectivity index (χ1) is 3.15. The van der Waals surface area contributed by atoms with Crippen LogP contribution in [0, 0.1) is 4.91 Å². The molecule has 0 aromatic heterocycles. The fourth-order valence-electron chi connectivity index (χ4n) is 0. The van der Waals surface area contributed by atoms with Gasteiger partial charge in [-0.2, -0.15) is 0 Å². The van der Waals surface area contributed by atoms with Crippen molar-refractivity contribution in [1.82, 2.24) is 0 Å². The minimum absolute atomic E-state index is 1.25. The monoisotopic (exact) mass is 109 g/mol. The van der Waals surface area contributed by atoms with Gasteiger partial charge >= 0.3 is 6.16 Å². The van der Waals surface area contributed by atoms with Gasteiger partial charge in [0.1, 0.15) is 0 Å². The van der Waals surface area contributed by atoms with Crippen molar-refractivity contribution < 1.29 is 20.2 Å². The van der Waals surface area contributed by atoms with Crippen LogP contribution in [0.2, 0.25) is 0 Å². The van der Waals surface area contributed by atoms with Gasteiger partial charge in [-0.1, -0.05) is 0 Å². The summed E-state index contributed by atoms with van der Waals surface area (Å²) in [6.45, 7) is 0. The lowest BCUT2D eigenvalue weighted by Gasteiger charge is -1.60. The SMILES string of the molecule is O=C(O)O.O=NO. The highest BCUT2D eigenvalue weighted by Gasteiger charge is 1.70. The van der Waals surface area contributed by atoms with Gasteiger partial charge in [0.05, 0.1) is 0 Å². The lowest BCUT2D eigenvalue weighted by Crippen LogP contribution is -1.81. The van der Waals surface area contributed by atoms with Crippen LogP contribution in [0.25, 0.3) is 0 Å². The predicted molar refractivity (Wildman–Crippen MR) is 18.2 cm³/mol. The molecule has 0 rings (SSSR count). The Balaban J connectivity index is 0. The Morgan fingerprint density at radius 2 is 1.43 bits per heavy atom. The van der Waals surface area contributed by atoms with Crippen molar-refractivity contribution >= 4 is 6.16 Å². The maximum Gasteiger partial charge on any atom is 0.503 e. The second-order valence-corrected chi connectivity index (χ2v) is 0.364. The van der Waals surface area contributed by atoms with Crippen LogP contribution in [0.1, 0.15) is 0 Å². The molecule has 3 N–H and O–H groups in total. The average molecular weight is 109 g/mol. The summed E-state index contributed by atoms with van der Waals surface area (Å²) in [6, 6.07) is 0. The highest BCUT2D eigenvalue weighted by Crippen LogP contribution is 1.42. The lowest BCUT2D eigenvalue weighted by molar-refractivity contribution is 0.137. The van der Waals surface area contributed by atoms with Crippen LogP contribution >= 0.6 is 0 Å². The van der Waals surface area contributed by atoms with Crippen LogP contribution < -0.4 is 0 Å². The third-order valence-corrected chi connectivity index (χ3v) is 0. The zero-order valence-corrected chi connectivity index (χ0v) is 3.11. The molecule has 0 radical (unpaired) electrons. The summed E-state index contributed by atoms with van der Waals surface area (Å²) in [5, 5.41) is 21.8. The Labute approximate surface area is 37.9 Å². The molecule has 0 aliphatic heterocycles. The van der Waals surface area contributed by atoms with Crippen molar-refractivity contribution in [2.75, 3.05) is 0 Å². The molecule has 0 unspecified atom stereocenters. The van der Waals surface area contributed by atoms with Crippen LogP contribution in [0.4, 0.5) is 4.79 Å². The summed E-state index contributed by atoms with van der Waals surface area (Å²) in [5.41, 5.74) is 0. The maximum absolute atomic E-state index is 8.56. The maximum atomic E-state index is 8.56. The number of carboxylic acid groups (broad SMARTS) is 2. The Hall–Kier alpha value is -1.33. The molecule has 6 nitrogen and oxygen atoms in total. The molecule has 0 atom stereocenters. The molecule has 6 heteroatoms. The van der Waals surface area contributed by atoms with E-state index in [4.69, 9.17) is 25.1 Å². The van der Waals surface area contributed by atoms with Gasteiger partial charge in [-0.15, -0.1) is 4.91 Å². The highest BCUT2D eigenvalue weighted by atomic mass is 16.6. The fraction of sp³-hybridized carbons (Fsp3) is 0. The largest absolute Gasteiger partial charge is 0.503 e. The molecule has 0 heterocycles. The van der Waals surface area contributed by atoms with E-state index in [1.54, 1.807) is 0 Å².